The molecule has 1 amide bonds. The Morgan fingerprint density at radius 1 is 0.964 bits per heavy atom. The second kappa shape index (κ2) is 7.60. The SMILES string of the molecule is CC(C)c1ccc(Nc2ccc(NC(=O)c3ccc4c(c3)OCO4)nc2)cc1. The molecule has 1 aliphatic rings. The second-order valence-electron chi connectivity index (χ2n) is 6.86. The molecule has 0 bridgehead atoms. The van der Waals surface area contributed by atoms with Crippen molar-refractivity contribution in [2.75, 3.05) is 17.4 Å². The maximum Gasteiger partial charge on any atom is 0.256 e. The van der Waals surface area contributed by atoms with Gasteiger partial charge in [-0.2, -0.15) is 0 Å². The van der Waals surface area contributed by atoms with E-state index in [0.717, 1.165) is 11.4 Å². The van der Waals surface area contributed by atoms with E-state index in [1.807, 2.05) is 18.2 Å². The molecule has 0 aliphatic carbocycles. The Balaban J connectivity index is 1.39. The van der Waals surface area contributed by atoms with Crippen molar-refractivity contribution in [3.8, 4) is 11.5 Å². The van der Waals surface area contributed by atoms with Crippen LogP contribution in [-0.2, 0) is 0 Å². The van der Waals surface area contributed by atoms with E-state index in [2.05, 4.69) is 41.6 Å². The van der Waals surface area contributed by atoms with Gasteiger partial charge < -0.3 is 20.1 Å². The smallest absolute Gasteiger partial charge is 0.256 e. The van der Waals surface area contributed by atoms with E-state index in [1.54, 1.807) is 30.5 Å². The molecule has 2 heterocycles. The molecular weight excluding hydrogens is 354 g/mol. The van der Waals surface area contributed by atoms with Crippen LogP contribution in [0.4, 0.5) is 17.2 Å². The molecule has 6 heteroatoms. The van der Waals surface area contributed by atoms with E-state index in [9.17, 15) is 4.79 Å². The lowest BCUT2D eigenvalue weighted by atomic mass is 10.0. The Hall–Kier alpha value is -3.54. The highest BCUT2D eigenvalue weighted by Crippen LogP contribution is 2.32. The number of carbonyl (C=O) groups excluding carboxylic acids is 1. The van der Waals surface area contributed by atoms with Gasteiger partial charge in [0.25, 0.3) is 5.91 Å². The molecule has 0 radical (unpaired) electrons. The number of amides is 1. The lowest BCUT2D eigenvalue weighted by Crippen LogP contribution is -2.12. The van der Waals surface area contributed by atoms with Crippen molar-refractivity contribution in [2.24, 2.45) is 0 Å². The van der Waals surface area contributed by atoms with E-state index in [4.69, 9.17) is 9.47 Å². The third kappa shape index (κ3) is 3.91. The number of nitrogens with one attached hydrogen (secondary N) is 2. The molecule has 142 valence electrons. The first-order valence-electron chi connectivity index (χ1n) is 9.12. The van der Waals surface area contributed by atoms with Gasteiger partial charge in [-0.15, -0.1) is 0 Å². The van der Waals surface area contributed by atoms with Gasteiger partial charge in [0.2, 0.25) is 6.79 Å². The van der Waals surface area contributed by atoms with Crippen LogP contribution in [0.3, 0.4) is 0 Å². The number of anilines is 3. The molecule has 28 heavy (non-hydrogen) atoms. The van der Waals surface area contributed by atoms with Crippen LogP contribution in [0.5, 0.6) is 11.5 Å². The highest BCUT2D eigenvalue weighted by Gasteiger charge is 2.16. The van der Waals surface area contributed by atoms with Crippen LogP contribution >= 0.6 is 0 Å². The summed E-state index contributed by atoms with van der Waals surface area (Å²) in [6, 6.07) is 17.0. The fourth-order valence-corrected chi connectivity index (χ4v) is 2.89. The third-order valence-electron chi connectivity index (χ3n) is 4.51. The molecule has 0 saturated carbocycles. The van der Waals surface area contributed by atoms with Gasteiger partial charge in [0.05, 0.1) is 11.9 Å². The van der Waals surface area contributed by atoms with Crippen LogP contribution in [0.2, 0.25) is 0 Å². The first kappa shape index (κ1) is 17.9. The molecule has 1 aliphatic heterocycles. The Labute approximate surface area is 163 Å². The van der Waals surface area contributed by atoms with Gasteiger partial charge in [0, 0.05) is 11.3 Å². The van der Waals surface area contributed by atoms with Crippen LogP contribution < -0.4 is 20.1 Å². The fourth-order valence-electron chi connectivity index (χ4n) is 2.89. The minimum atomic E-state index is -0.254. The zero-order valence-electron chi connectivity index (χ0n) is 15.7. The number of aromatic nitrogens is 1. The number of nitrogens with zero attached hydrogens (tertiary/aromatic N) is 1. The number of ether oxygens (including phenoxy) is 2. The predicted octanol–water partition coefficient (Wildman–Crippen LogP) is 4.93. The summed E-state index contributed by atoms with van der Waals surface area (Å²) >= 11 is 0. The molecule has 0 atom stereocenters. The highest BCUT2D eigenvalue weighted by atomic mass is 16.7. The number of hydrogen-bond acceptors (Lipinski definition) is 5. The monoisotopic (exact) mass is 375 g/mol. The maximum absolute atomic E-state index is 12.4. The summed E-state index contributed by atoms with van der Waals surface area (Å²) in [5, 5.41) is 6.09. The van der Waals surface area contributed by atoms with Crippen LogP contribution in [0.15, 0.2) is 60.8 Å². The molecule has 0 spiro atoms. The van der Waals surface area contributed by atoms with Crippen molar-refractivity contribution in [1.29, 1.82) is 0 Å². The van der Waals surface area contributed by atoms with Crippen molar-refractivity contribution in [1.82, 2.24) is 4.98 Å². The molecule has 0 saturated heterocycles. The molecule has 3 aromatic rings. The van der Waals surface area contributed by atoms with E-state index in [1.165, 1.54) is 5.56 Å². The first-order chi connectivity index (χ1) is 13.6. The molecule has 0 unspecified atom stereocenters. The predicted molar refractivity (Wildman–Crippen MR) is 109 cm³/mol. The Bertz CT molecular complexity index is 983. The summed E-state index contributed by atoms with van der Waals surface area (Å²) in [6.07, 6.45) is 1.69. The second-order valence-corrected chi connectivity index (χ2v) is 6.86. The number of hydrogen-bond donors (Lipinski definition) is 2. The zero-order chi connectivity index (χ0) is 19.5. The van der Waals surface area contributed by atoms with Gasteiger partial charge >= 0.3 is 0 Å². The molecule has 4 rings (SSSR count). The maximum atomic E-state index is 12.4. The Morgan fingerprint density at radius 3 is 2.43 bits per heavy atom. The zero-order valence-corrected chi connectivity index (χ0v) is 15.7. The molecule has 1 aromatic heterocycles. The number of fused-ring (bicyclic) bond motifs is 1. The van der Waals surface area contributed by atoms with Crippen LogP contribution in [0.1, 0.15) is 35.7 Å². The Morgan fingerprint density at radius 2 is 1.71 bits per heavy atom. The summed E-state index contributed by atoms with van der Waals surface area (Å²) in [4.78, 5) is 16.7. The van der Waals surface area contributed by atoms with Crippen molar-refractivity contribution < 1.29 is 14.3 Å². The normalized spacial score (nSPS) is 12.1. The first-order valence-corrected chi connectivity index (χ1v) is 9.12. The molecule has 2 N–H and O–H groups in total. The number of carbonyl (C=O) groups is 1. The topological polar surface area (TPSA) is 72.5 Å². The van der Waals surface area contributed by atoms with Crippen molar-refractivity contribution in [2.45, 2.75) is 19.8 Å². The summed E-state index contributed by atoms with van der Waals surface area (Å²) < 4.78 is 10.6. The van der Waals surface area contributed by atoms with Gasteiger partial charge in [0.1, 0.15) is 5.82 Å². The van der Waals surface area contributed by atoms with Crippen molar-refractivity contribution in [3.63, 3.8) is 0 Å². The largest absolute Gasteiger partial charge is 0.454 e. The van der Waals surface area contributed by atoms with Crippen molar-refractivity contribution in [3.05, 3.63) is 71.9 Å². The number of benzene rings is 2. The lowest BCUT2D eigenvalue weighted by Gasteiger charge is -2.10. The van der Waals surface area contributed by atoms with Gasteiger partial charge in [-0.1, -0.05) is 26.0 Å². The minimum absolute atomic E-state index is 0.177. The molecular formula is C22H21N3O3. The summed E-state index contributed by atoms with van der Waals surface area (Å²) in [5.74, 6) is 1.94. The third-order valence-corrected chi connectivity index (χ3v) is 4.51. The van der Waals surface area contributed by atoms with E-state index >= 15 is 0 Å². The average Bonchev–Trinajstić information content (AvgIpc) is 3.17. The van der Waals surface area contributed by atoms with E-state index in [0.29, 0.717) is 28.8 Å². The Kier molecular flexibility index (Phi) is 4.85. The summed E-state index contributed by atoms with van der Waals surface area (Å²) in [6.45, 7) is 4.52. The highest BCUT2D eigenvalue weighted by molar-refractivity contribution is 6.04. The summed E-state index contributed by atoms with van der Waals surface area (Å²) in [7, 11) is 0. The molecule has 6 nitrogen and oxygen atoms in total. The van der Waals surface area contributed by atoms with Crippen LogP contribution in [0.25, 0.3) is 0 Å². The average molecular weight is 375 g/mol. The fraction of sp³-hybridized carbons (Fsp3) is 0.182. The number of pyridine rings is 1. The molecule has 2 aromatic carbocycles. The quantitative estimate of drug-likeness (QED) is 0.661. The van der Waals surface area contributed by atoms with E-state index in [-0.39, 0.29) is 12.7 Å². The van der Waals surface area contributed by atoms with Gasteiger partial charge in [-0.3, -0.25) is 4.79 Å². The minimum Gasteiger partial charge on any atom is -0.454 e. The molecule has 0 fully saturated rings. The van der Waals surface area contributed by atoms with Crippen LogP contribution in [0, 0.1) is 0 Å². The number of rotatable bonds is 5. The van der Waals surface area contributed by atoms with Gasteiger partial charge in [-0.05, 0) is 53.9 Å². The standard InChI is InChI=1S/C22H21N3O3/c1-14(2)15-3-6-17(7-4-15)24-18-8-10-21(23-12-18)25-22(26)16-5-9-19-20(11-16)28-13-27-19/h3-12,14,24H,13H2,1-2H3,(H,23,25,26). The van der Waals surface area contributed by atoms with Gasteiger partial charge in [0.15, 0.2) is 11.5 Å². The lowest BCUT2D eigenvalue weighted by molar-refractivity contribution is 0.102. The summed E-state index contributed by atoms with van der Waals surface area (Å²) in [5.41, 5.74) is 3.62. The van der Waals surface area contributed by atoms with Crippen LogP contribution in [-0.4, -0.2) is 17.7 Å². The van der Waals surface area contributed by atoms with E-state index < -0.39 is 0 Å². The van der Waals surface area contributed by atoms with Gasteiger partial charge in [-0.25, -0.2) is 4.98 Å². The van der Waals surface area contributed by atoms with Crippen molar-refractivity contribution >= 4 is 23.1 Å².